The van der Waals surface area contributed by atoms with Crippen molar-refractivity contribution in [1.82, 2.24) is 0 Å². The van der Waals surface area contributed by atoms with Crippen LogP contribution in [-0.2, 0) is 0 Å². The highest BCUT2D eigenvalue weighted by molar-refractivity contribution is 8.00. The van der Waals surface area contributed by atoms with E-state index in [9.17, 15) is 13.2 Å². The second-order valence-electron chi connectivity index (χ2n) is 4.92. The zero-order chi connectivity index (χ0) is 13.9. The molecule has 1 fully saturated rings. The van der Waals surface area contributed by atoms with Gasteiger partial charge in [-0.25, -0.2) is 0 Å². The summed E-state index contributed by atoms with van der Waals surface area (Å²) in [5.74, 6) is 0.684. The fourth-order valence-corrected chi connectivity index (χ4v) is 3.22. The van der Waals surface area contributed by atoms with Gasteiger partial charge in [0.1, 0.15) is 0 Å². The highest BCUT2D eigenvalue weighted by atomic mass is 32.2. The van der Waals surface area contributed by atoms with Crippen molar-refractivity contribution in [2.45, 2.75) is 49.1 Å². The van der Waals surface area contributed by atoms with Gasteiger partial charge in [0, 0.05) is 16.6 Å². The van der Waals surface area contributed by atoms with Crippen molar-refractivity contribution in [2.24, 2.45) is 5.92 Å². The third kappa shape index (κ3) is 4.34. The fraction of sp³-hybridized carbons (Fsp3) is 0.571. The Labute approximate surface area is 116 Å². The topological polar surface area (TPSA) is 12.0 Å². The molecule has 1 N–H and O–H groups in total. The zero-order valence-electron chi connectivity index (χ0n) is 10.8. The molecule has 0 bridgehead atoms. The van der Waals surface area contributed by atoms with Gasteiger partial charge in [-0.2, -0.15) is 13.2 Å². The van der Waals surface area contributed by atoms with E-state index in [-0.39, 0.29) is 16.7 Å². The monoisotopic (exact) mass is 289 g/mol. The maximum absolute atomic E-state index is 12.2. The Morgan fingerprint density at radius 3 is 2.47 bits per heavy atom. The molecule has 2 unspecified atom stereocenters. The molecule has 0 amide bonds. The smallest absolute Gasteiger partial charge is 0.382 e. The lowest BCUT2D eigenvalue weighted by atomic mass is 10.0. The van der Waals surface area contributed by atoms with Crippen LogP contribution in [0.4, 0.5) is 18.9 Å². The van der Waals surface area contributed by atoms with Crippen LogP contribution in [0.5, 0.6) is 0 Å². The number of alkyl halides is 3. The molecule has 1 aliphatic rings. The lowest BCUT2D eigenvalue weighted by molar-refractivity contribution is -0.0328. The van der Waals surface area contributed by atoms with Crippen LogP contribution in [0.3, 0.4) is 0 Å². The molecule has 1 aromatic rings. The van der Waals surface area contributed by atoms with Crippen LogP contribution >= 0.6 is 11.8 Å². The first-order chi connectivity index (χ1) is 8.98. The highest BCUT2D eigenvalue weighted by Crippen LogP contribution is 2.37. The Balaban J connectivity index is 1.95. The summed E-state index contributed by atoms with van der Waals surface area (Å²) in [4.78, 5) is 0.233. The summed E-state index contributed by atoms with van der Waals surface area (Å²) in [6.45, 7) is 2.19. The molecular weight excluding hydrogens is 271 g/mol. The molecular formula is C14H18F3NS. The van der Waals surface area contributed by atoms with Crippen LogP contribution in [0.2, 0.25) is 0 Å². The van der Waals surface area contributed by atoms with Gasteiger partial charge in [-0.1, -0.05) is 19.8 Å². The van der Waals surface area contributed by atoms with E-state index in [0.717, 1.165) is 18.5 Å². The summed E-state index contributed by atoms with van der Waals surface area (Å²) in [5, 5.41) is 3.44. The molecule has 2 atom stereocenters. The predicted molar refractivity (Wildman–Crippen MR) is 73.4 cm³/mol. The van der Waals surface area contributed by atoms with Crippen LogP contribution < -0.4 is 5.32 Å². The van der Waals surface area contributed by atoms with Crippen molar-refractivity contribution in [3.8, 4) is 0 Å². The van der Waals surface area contributed by atoms with Gasteiger partial charge in [-0.05, 0) is 54.8 Å². The molecule has 5 heteroatoms. The van der Waals surface area contributed by atoms with Crippen molar-refractivity contribution >= 4 is 17.4 Å². The van der Waals surface area contributed by atoms with E-state index in [1.807, 2.05) is 0 Å². The highest BCUT2D eigenvalue weighted by Gasteiger charge is 2.29. The van der Waals surface area contributed by atoms with Crippen molar-refractivity contribution in [1.29, 1.82) is 0 Å². The Morgan fingerprint density at radius 2 is 1.89 bits per heavy atom. The number of nitrogens with one attached hydrogen (secondary N) is 1. The number of anilines is 1. The minimum atomic E-state index is -4.21. The lowest BCUT2D eigenvalue weighted by Gasteiger charge is -2.21. The van der Waals surface area contributed by atoms with Crippen molar-refractivity contribution in [2.75, 3.05) is 5.32 Å². The van der Waals surface area contributed by atoms with E-state index in [1.54, 1.807) is 12.1 Å². The molecule has 2 rings (SSSR count). The molecule has 0 aliphatic heterocycles. The second kappa shape index (κ2) is 6.07. The van der Waals surface area contributed by atoms with Gasteiger partial charge in [0.25, 0.3) is 0 Å². The molecule has 0 heterocycles. The summed E-state index contributed by atoms with van der Waals surface area (Å²) < 4.78 is 36.6. The van der Waals surface area contributed by atoms with Crippen molar-refractivity contribution in [3.05, 3.63) is 24.3 Å². The van der Waals surface area contributed by atoms with Crippen LogP contribution in [0, 0.1) is 5.92 Å². The third-order valence-electron chi connectivity index (χ3n) is 3.62. The molecule has 0 spiro atoms. The number of thioether (sulfide) groups is 1. The quantitative estimate of drug-likeness (QED) is 0.756. The predicted octanol–water partition coefficient (Wildman–Crippen LogP) is 5.29. The van der Waals surface area contributed by atoms with Gasteiger partial charge < -0.3 is 5.32 Å². The van der Waals surface area contributed by atoms with Gasteiger partial charge >= 0.3 is 5.51 Å². The first-order valence-corrected chi connectivity index (χ1v) is 7.42. The van der Waals surface area contributed by atoms with Crippen LogP contribution in [0.1, 0.15) is 32.6 Å². The average Bonchev–Trinajstić information content (AvgIpc) is 2.77. The van der Waals surface area contributed by atoms with E-state index in [1.165, 1.54) is 25.0 Å². The Hall–Kier alpha value is -0.840. The lowest BCUT2D eigenvalue weighted by Crippen LogP contribution is -2.23. The number of benzene rings is 1. The maximum atomic E-state index is 12.2. The number of halogens is 3. The Kier molecular flexibility index (Phi) is 4.66. The van der Waals surface area contributed by atoms with Gasteiger partial charge in [0.15, 0.2) is 0 Å². The number of hydrogen-bond acceptors (Lipinski definition) is 2. The number of hydrogen-bond donors (Lipinski definition) is 1. The molecule has 0 saturated heterocycles. The van der Waals surface area contributed by atoms with Gasteiger partial charge in [-0.3, -0.25) is 0 Å². The third-order valence-corrected chi connectivity index (χ3v) is 4.36. The Bertz CT molecular complexity index is 402. The first kappa shape index (κ1) is 14.6. The van der Waals surface area contributed by atoms with E-state index < -0.39 is 5.51 Å². The summed E-state index contributed by atoms with van der Waals surface area (Å²) in [5.41, 5.74) is -3.30. The molecule has 1 aliphatic carbocycles. The molecule has 1 nitrogen and oxygen atoms in total. The summed E-state index contributed by atoms with van der Waals surface area (Å²) in [6.07, 6.45) is 4.78. The molecule has 106 valence electrons. The minimum Gasteiger partial charge on any atom is -0.382 e. The standard InChI is InChI=1S/C14H18F3NS/c1-2-10-4-3-5-13(10)18-11-6-8-12(9-7-11)19-14(15,16)17/h6-10,13,18H,2-5H2,1H3. The summed E-state index contributed by atoms with van der Waals surface area (Å²) >= 11 is -0.0705. The molecule has 1 saturated carbocycles. The molecule has 1 aromatic carbocycles. The van der Waals surface area contributed by atoms with Crippen molar-refractivity contribution in [3.63, 3.8) is 0 Å². The van der Waals surface area contributed by atoms with E-state index in [4.69, 9.17) is 0 Å². The summed E-state index contributed by atoms with van der Waals surface area (Å²) in [7, 11) is 0. The first-order valence-electron chi connectivity index (χ1n) is 6.60. The van der Waals surface area contributed by atoms with Crippen LogP contribution in [0.15, 0.2) is 29.2 Å². The average molecular weight is 289 g/mol. The van der Waals surface area contributed by atoms with E-state index in [2.05, 4.69) is 12.2 Å². The second-order valence-corrected chi connectivity index (χ2v) is 6.06. The van der Waals surface area contributed by atoms with Gasteiger partial charge in [0.2, 0.25) is 0 Å². The van der Waals surface area contributed by atoms with Crippen LogP contribution in [0.25, 0.3) is 0 Å². The van der Waals surface area contributed by atoms with E-state index in [0.29, 0.717) is 12.0 Å². The van der Waals surface area contributed by atoms with Gasteiger partial charge in [0.05, 0.1) is 0 Å². The zero-order valence-corrected chi connectivity index (χ0v) is 11.7. The minimum absolute atomic E-state index is 0.0705. The van der Waals surface area contributed by atoms with E-state index >= 15 is 0 Å². The van der Waals surface area contributed by atoms with Crippen LogP contribution in [-0.4, -0.2) is 11.6 Å². The largest absolute Gasteiger partial charge is 0.446 e. The number of rotatable bonds is 4. The molecule has 0 aromatic heterocycles. The summed E-state index contributed by atoms with van der Waals surface area (Å²) in [6, 6.07) is 6.98. The van der Waals surface area contributed by atoms with Gasteiger partial charge in [-0.15, -0.1) is 0 Å². The SMILES string of the molecule is CCC1CCCC1Nc1ccc(SC(F)(F)F)cc1. The Morgan fingerprint density at radius 1 is 1.21 bits per heavy atom. The maximum Gasteiger partial charge on any atom is 0.446 e. The molecule has 19 heavy (non-hydrogen) atoms. The van der Waals surface area contributed by atoms with Crippen molar-refractivity contribution < 1.29 is 13.2 Å². The molecule has 0 radical (unpaired) electrons. The normalized spacial score (nSPS) is 23.6. The fourth-order valence-electron chi connectivity index (χ4n) is 2.68.